The molecule has 1 N–H and O–H groups in total. The Balaban J connectivity index is 1.39. The maximum atomic E-state index is 11.4. The average molecular weight is 381 g/mol. The lowest BCUT2D eigenvalue weighted by atomic mass is 9.75. The molecule has 2 heterocycles. The third kappa shape index (κ3) is 3.17. The Bertz CT molecular complexity index is 954. The Hall–Kier alpha value is -1.84. The molecule has 2 saturated carbocycles. The van der Waals surface area contributed by atoms with Gasteiger partial charge in [-0.15, -0.1) is 0 Å². The average Bonchev–Trinajstić information content (AvgIpc) is 3.44. The van der Waals surface area contributed by atoms with E-state index in [9.17, 15) is 5.11 Å². The third-order valence-corrected chi connectivity index (χ3v) is 6.86. The molecule has 1 atom stereocenters. The van der Waals surface area contributed by atoms with Gasteiger partial charge in [-0.1, -0.05) is 35.9 Å². The van der Waals surface area contributed by atoms with Crippen molar-refractivity contribution in [3.8, 4) is 0 Å². The number of imidazole rings is 1. The van der Waals surface area contributed by atoms with Gasteiger partial charge in [-0.2, -0.15) is 0 Å². The Labute approximate surface area is 165 Å². The minimum Gasteiger partial charge on any atom is -0.387 e. The number of hydrogen-bond donors (Lipinski definition) is 1. The second kappa shape index (κ2) is 6.96. The first-order valence-electron chi connectivity index (χ1n) is 10.1. The van der Waals surface area contributed by atoms with E-state index in [0.29, 0.717) is 17.8 Å². The van der Waals surface area contributed by atoms with Crippen molar-refractivity contribution in [2.24, 2.45) is 5.92 Å². The van der Waals surface area contributed by atoms with E-state index in [-0.39, 0.29) is 0 Å². The smallest absolute Gasteiger partial charge is 0.0995 e. The number of aromatic nitrogens is 2. The quantitative estimate of drug-likeness (QED) is 0.614. The molecule has 3 aromatic rings. The number of fused-ring (bicyclic) bond motifs is 1. The van der Waals surface area contributed by atoms with Crippen LogP contribution in [-0.4, -0.2) is 14.5 Å². The van der Waals surface area contributed by atoms with Gasteiger partial charge in [0.15, 0.2) is 0 Å². The number of nitrogens with zero attached hydrogens (tertiary/aromatic N) is 2. The maximum absolute atomic E-state index is 11.4. The van der Waals surface area contributed by atoms with Gasteiger partial charge in [0.25, 0.3) is 0 Å². The van der Waals surface area contributed by atoms with E-state index in [1.807, 2.05) is 24.7 Å². The van der Waals surface area contributed by atoms with E-state index in [1.165, 1.54) is 24.0 Å². The van der Waals surface area contributed by atoms with E-state index in [2.05, 4.69) is 33.7 Å². The standard InChI is InChI=1S/C23H25ClN2O/c24-21-4-2-1-3-19(21)15-7-9-17(10-8-15)23(27)22-20(16-5-6-16)12-11-18-13-25-14-26(18)22/h1-4,11-17,23,27H,5-10H2. The Morgan fingerprint density at radius 1 is 0.926 bits per heavy atom. The number of aliphatic hydroxyl groups is 1. The largest absolute Gasteiger partial charge is 0.387 e. The molecule has 2 fully saturated rings. The summed E-state index contributed by atoms with van der Waals surface area (Å²) in [6, 6.07) is 12.5. The summed E-state index contributed by atoms with van der Waals surface area (Å²) in [5.41, 5.74) is 4.73. The van der Waals surface area contributed by atoms with Crippen LogP contribution < -0.4 is 0 Å². The first-order chi connectivity index (χ1) is 13.2. The highest BCUT2D eigenvalue weighted by atomic mass is 35.5. The lowest BCUT2D eigenvalue weighted by Gasteiger charge is -2.33. The van der Waals surface area contributed by atoms with Crippen LogP contribution in [0, 0.1) is 5.92 Å². The van der Waals surface area contributed by atoms with Gasteiger partial charge in [-0.25, -0.2) is 4.98 Å². The number of halogens is 1. The first kappa shape index (κ1) is 17.3. The summed E-state index contributed by atoms with van der Waals surface area (Å²) in [4.78, 5) is 4.31. The second-order valence-corrected chi connectivity index (χ2v) is 8.62. The van der Waals surface area contributed by atoms with Crippen LogP contribution in [0.1, 0.15) is 73.3 Å². The Kier molecular flexibility index (Phi) is 4.45. The molecule has 2 aromatic heterocycles. The normalized spacial score (nSPS) is 24.2. The van der Waals surface area contributed by atoms with Crippen molar-refractivity contribution in [3.63, 3.8) is 0 Å². The van der Waals surface area contributed by atoms with Crippen molar-refractivity contribution < 1.29 is 5.11 Å². The molecule has 0 saturated heterocycles. The van der Waals surface area contributed by atoms with Gasteiger partial charge in [-0.05, 0) is 79.5 Å². The summed E-state index contributed by atoms with van der Waals surface area (Å²) in [5, 5.41) is 12.2. The SMILES string of the molecule is OC(c1c(C2CC2)ccc2cncn12)C1CCC(c2ccccc2Cl)CC1. The van der Waals surface area contributed by atoms with Crippen molar-refractivity contribution >= 4 is 17.1 Å². The predicted molar refractivity (Wildman–Crippen MR) is 108 cm³/mol. The molecule has 27 heavy (non-hydrogen) atoms. The van der Waals surface area contributed by atoms with Crippen LogP contribution in [0.5, 0.6) is 0 Å². The lowest BCUT2D eigenvalue weighted by molar-refractivity contribution is 0.0754. The zero-order valence-electron chi connectivity index (χ0n) is 15.4. The van der Waals surface area contributed by atoms with Crippen molar-refractivity contribution in [1.29, 1.82) is 0 Å². The van der Waals surface area contributed by atoms with E-state index in [4.69, 9.17) is 11.6 Å². The van der Waals surface area contributed by atoms with E-state index >= 15 is 0 Å². The summed E-state index contributed by atoms with van der Waals surface area (Å²) >= 11 is 6.41. The summed E-state index contributed by atoms with van der Waals surface area (Å²) in [6.07, 6.45) is 10.0. The molecule has 4 heteroatoms. The molecule has 0 radical (unpaired) electrons. The summed E-state index contributed by atoms with van der Waals surface area (Å²) in [7, 11) is 0. The topological polar surface area (TPSA) is 37.5 Å². The Morgan fingerprint density at radius 2 is 1.63 bits per heavy atom. The third-order valence-electron chi connectivity index (χ3n) is 6.52. The van der Waals surface area contributed by atoms with Crippen LogP contribution in [-0.2, 0) is 0 Å². The zero-order chi connectivity index (χ0) is 18.4. The number of rotatable bonds is 4. The number of aliphatic hydroxyl groups excluding tert-OH is 1. The van der Waals surface area contributed by atoms with Gasteiger partial charge >= 0.3 is 0 Å². The summed E-state index contributed by atoms with van der Waals surface area (Å²) in [6.45, 7) is 0. The van der Waals surface area contributed by atoms with Crippen molar-refractivity contribution in [2.45, 2.75) is 56.5 Å². The van der Waals surface area contributed by atoms with Gasteiger partial charge in [0, 0.05) is 5.02 Å². The number of hydrogen-bond acceptors (Lipinski definition) is 2. The van der Waals surface area contributed by atoms with Gasteiger partial charge < -0.3 is 9.51 Å². The summed E-state index contributed by atoms with van der Waals surface area (Å²) in [5.74, 6) is 1.42. The Morgan fingerprint density at radius 3 is 2.37 bits per heavy atom. The van der Waals surface area contributed by atoms with Crippen LogP contribution in [0.4, 0.5) is 0 Å². The highest BCUT2D eigenvalue weighted by Gasteiger charge is 2.34. The number of pyridine rings is 1. The minimum atomic E-state index is -0.425. The van der Waals surface area contributed by atoms with Crippen LogP contribution in [0.3, 0.4) is 0 Å². The minimum absolute atomic E-state index is 0.300. The highest BCUT2D eigenvalue weighted by Crippen LogP contribution is 2.47. The molecular formula is C23H25ClN2O. The van der Waals surface area contributed by atoms with E-state index < -0.39 is 6.10 Å². The first-order valence-corrected chi connectivity index (χ1v) is 10.5. The molecule has 5 rings (SSSR count). The molecule has 140 valence electrons. The van der Waals surface area contributed by atoms with Crippen molar-refractivity contribution in [1.82, 2.24) is 9.38 Å². The molecule has 0 aliphatic heterocycles. The van der Waals surface area contributed by atoms with E-state index in [1.54, 1.807) is 0 Å². The lowest BCUT2D eigenvalue weighted by Crippen LogP contribution is -2.22. The van der Waals surface area contributed by atoms with Crippen LogP contribution in [0.15, 0.2) is 48.9 Å². The van der Waals surface area contributed by atoms with E-state index in [0.717, 1.165) is 41.9 Å². The van der Waals surface area contributed by atoms with Crippen molar-refractivity contribution in [3.05, 3.63) is 70.8 Å². The zero-order valence-corrected chi connectivity index (χ0v) is 16.1. The predicted octanol–water partition coefficient (Wildman–Crippen LogP) is 5.87. The van der Waals surface area contributed by atoms with Gasteiger partial charge in [0.05, 0.1) is 29.8 Å². The fourth-order valence-corrected chi connectivity index (χ4v) is 5.15. The van der Waals surface area contributed by atoms with Crippen LogP contribution in [0.25, 0.3) is 5.52 Å². The fourth-order valence-electron chi connectivity index (χ4n) is 4.86. The number of benzene rings is 1. The van der Waals surface area contributed by atoms with Gasteiger partial charge in [-0.3, -0.25) is 0 Å². The van der Waals surface area contributed by atoms with Gasteiger partial charge in [0.1, 0.15) is 0 Å². The van der Waals surface area contributed by atoms with Crippen molar-refractivity contribution in [2.75, 3.05) is 0 Å². The molecule has 0 bridgehead atoms. The maximum Gasteiger partial charge on any atom is 0.0995 e. The highest BCUT2D eigenvalue weighted by molar-refractivity contribution is 6.31. The summed E-state index contributed by atoms with van der Waals surface area (Å²) < 4.78 is 2.11. The van der Waals surface area contributed by atoms with Crippen LogP contribution in [0.2, 0.25) is 5.02 Å². The molecule has 0 amide bonds. The van der Waals surface area contributed by atoms with Crippen LogP contribution >= 0.6 is 11.6 Å². The molecule has 3 nitrogen and oxygen atoms in total. The molecular weight excluding hydrogens is 356 g/mol. The molecule has 2 aliphatic carbocycles. The monoisotopic (exact) mass is 380 g/mol. The second-order valence-electron chi connectivity index (χ2n) is 8.21. The molecule has 1 aromatic carbocycles. The molecule has 0 spiro atoms. The van der Waals surface area contributed by atoms with Gasteiger partial charge in [0.2, 0.25) is 0 Å². The molecule has 2 aliphatic rings. The fraction of sp³-hybridized carbons (Fsp3) is 0.435. The molecule has 1 unspecified atom stereocenters.